The molecule has 0 heterocycles. The second-order valence-corrected chi connectivity index (χ2v) is 1.68. The topological polar surface area (TPSA) is 38.4 Å². The van der Waals surface area contributed by atoms with Crippen LogP contribution in [-0.4, -0.2) is 13.3 Å². The second-order valence-electron chi connectivity index (χ2n) is 1.68. The van der Waals surface area contributed by atoms with E-state index in [1.165, 1.54) is 6.20 Å². The van der Waals surface area contributed by atoms with E-state index in [1.54, 1.807) is 13.3 Å². The monoisotopic (exact) mass is 124 g/mol. The van der Waals surface area contributed by atoms with Crippen LogP contribution < -0.4 is 5.73 Å². The number of aliphatic imine (C=N–C) groups is 1. The largest absolute Gasteiger partial charge is 0.405 e. The molecule has 2 heteroatoms. The third kappa shape index (κ3) is 4.81. The predicted molar refractivity (Wildman–Crippen MR) is 41.5 cm³/mol. The Hall–Kier alpha value is -1.05. The Bertz CT molecular complexity index is 143. The molecule has 50 valence electrons. The number of hydrogen-bond acceptors (Lipinski definition) is 2. The maximum atomic E-state index is 5.14. The Morgan fingerprint density at radius 2 is 2.22 bits per heavy atom. The molecule has 0 aromatic carbocycles. The highest BCUT2D eigenvalue weighted by atomic mass is 14.6. The molecule has 0 rings (SSSR count). The summed E-state index contributed by atoms with van der Waals surface area (Å²) in [6, 6.07) is 0. The van der Waals surface area contributed by atoms with E-state index in [-0.39, 0.29) is 0 Å². The van der Waals surface area contributed by atoms with Gasteiger partial charge in [-0.05, 0) is 30.8 Å². The molecular formula is C7H12N2. The maximum absolute atomic E-state index is 5.14. The van der Waals surface area contributed by atoms with Crippen molar-refractivity contribution >= 4 is 6.21 Å². The van der Waals surface area contributed by atoms with Crippen LogP contribution >= 0.6 is 0 Å². The number of rotatable bonds is 2. The average Bonchev–Trinajstić information content (AvgIpc) is 1.85. The van der Waals surface area contributed by atoms with Gasteiger partial charge < -0.3 is 5.73 Å². The van der Waals surface area contributed by atoms with Gasteiger partial charge in [0, 0.05) is 13.3 Å². The van der Waals surface area contributed by atoms with Crippen LogP contribution in [0.3, 0.4) is 0 Å². The minimum atomic E-state index is 1.10. The Kier molecular flexibility index (Phi) is 4.50. The summed E-state index contributed by atoms with van der Waals surface area (Å²) >= 11 is 0. The molecule has 0 aliphatic heterocycles. The van der Waals surface area contributed by atoms with Gasteiger partial charge in [0.1, 0.15) is 0 Å². The Morgan fingerprint density at radius 3 is 2.67 bits per heavy atom. The molecule has 0 aromatic heterocycles. The van der Waals surface area contributed by atoms with Crippen molar-refractivity contribution in [3.8, 4) is 0 Å². The SMILES string of the molecule is CN=C/C=C(C)\C=C\N. The van der Waals surface area contributed by atoms with E-state index in [9.17, 15) is 0 Å². The molecule has 0 spiro atoms. The molecule has 2 nitrogen and oxygen atoms in total. The Morgan fingerprint density at radius 1 is 1.56 bits per heavy atom. The van der Waals surface area contributed by atoms with Crippen molar-refractivity contribution in [3.05, 3.63) is 23.9 Å². The van der Waals surface area contributed by atoms with Crippen LogP contribution in [0, 0.1) is 0 Å². The van der Waals surface area contributed by atoms with E-state index in [4.69, 9.17) is 5.73 Å². The van der Waals surface area contributed by atoms with E-state index in [2.05, 4.69) is 4.99 Å². The lowest BCUT2D eigenvalue weighted by molar-refractivity contribution is 1.45. The number of nitrogens with two attached hydrogens (primary N) is 1. The van der Waals surface area contributed by atoms with Gasteiger partial charge in [0.15, 0.2) is 0 Å². The summed E-state index contributed by atoms with van der Waals surface area (Å²) in [4.78, 5) is 3.78. The smallest absolute Gasteiger partial charge is 0.0277 e. The van der Waals surface area contributed by atoms with E-state index in [0.29, 0.717) is 0 Å². The molecule has 0 unspecified atom stereocenters. The van der Waals surface area contributed by atoms with Gasteiger partial charge in [0.2, 0.25) is 0 Å². The lowest BCUT2D eigenvalue weighted by atomic mass is 10.3. The summed E-state index contributed by atoms with van der Waals surface area (Å²) in [5, 5.41) is 0. The molecule has 0 fully saturated rings. The highest BCUT2D eigenvalue weighted by Gasteiger charge is 1.73. The summed E-state index contributed by atoms with van der Waals surface area (Å²) < 4.78 is 0. The molecule has 9 heavy (non-hydrogen) atoms. The van der Waals surface area contributed by atoms with Crippen molar-refractivity contribution in [2.45, 2.75) is 6.92 Å². The van der Waals surface area contributed by atoms with Crippen molar-refractivity contribution in [1.29, 1.82) is 0 Å². The molecular weight excluding hydrogens is 112 g/mol. The summed E-state index contributed by atoms with van der Waals surface area (Å²) in [5.74, 6) is 0. The molecule has 0 aliphatic rings. The highest BCUT2D eigenvalue weighted by Crippen LogP contribution is 1.89. The standard InChI is InChI=1S/C7H12N2/c1-7(3-5-8)4-6-9-2/h3-6H,8H2,1-2H3/b5-3+,7-4-,9-6?. The zero-order chi connectivity index (χ0) is 7.11. The first-order chi connectivity index (χ1) is 4.31. The van der Waals surface area contributed by atoms with Crippen molar-refractivity contribution in [2.75, 3.05) is 7.05 Å². The van der Waals surface area contributed by atoms with Gasteiger partial charge in [-0.2, -0.15) is 0 Å². The van der Waals surface area contributed by atoms with E-state index in [1.807, 2.05) is 19.1 Å². The van der Waals surface area contributed by atoms with Crippen molar-refractivity contribution in [1.82, 2.24) is 0 Å². The second kappa shape index (κ2) is 5.09. The van der Waals surface area contributed by atoms with Gasteiger partial charge >= 0.3 is 0 Å². The molecule has 0 aromatic rings. The van der Waals surface area contributed by atoms with Crippen LogP contribution in [0.5, 0.6) is 0 Å². The molecule has 0 saturated carbocycles. The number of allylic oxidation sites excluding steroid dienone is 3. The fraction of sp³-hybridized carbons (Fsp3) is 0.286. The highest BCUT2D eigenvalue weighted by molar-refractivity contribution is 5.72. The lowest BCUT2D eigenvalue weighted by Gasteiger charge is -1.83. The van der Waals surface area contributed by atoms with E-state index >= 15 is 0 Å². The summed E-state index contributed by atoms with van der Waals surface area (Å²) in [6.45, 7) is 1.96. The Balaban J connectivity index is 3.84. The zero-order valence-corrected chi connectivity index (χ0v) is 5.83. The third-order valence-corrected chi connectivity index (χ3v) is 0.846. The third-order valence-electron chi connectivity index (χ3n) is 0.846. The van der Waals surface area contributed by atoms with Crippen molar-refractivity contribution in [2.24, 2.45) is 10.7 Å². The molecule has 0 radical (unpaired) electrons. The van der Waals surface area contributed by atoms with Gasteiger partial charge in [-0.15, -0.1) is 0 Å². The fourth-order valence-corrected chi connectivity index (χ4v) is 0.399. The Labute approximate surface area is 55.8 Å². The van der Waals surface area contributed by atoms with Gasteiger partial charge in [-0.25, -0.2) is 0 Å². The van der Waals surface area contributed by atoms with Gasteiger partial charge in [0.05, 0.1) is 0 Å². The molecule has 0 aliphatic carbocycles. The van der Waals surface area contributed by atoms with Gasteiger partial charge in [-0.3, -0.25) is 4.99 Å². The molecule has 0 bridgehead atoms. The number of nitrogens with zero attached hydrogens (tertiary/aromatic N) is 1. The van der Waals surface area contributed by atoms with Crippen LogP contribution in [0.4, 0.5) is 0 Å². The van der Waals surface area contributed by atoms with Crippen LogP contribution in [0.15, 0.2) is 28.9 Å². The molecule has 0 saturated heterocycles. The number of hydrogen-bond donors (Lipinski definition) is 1. The van der Waals surface area contributed by atoms with E-state index in [0.717, 1.165) is 5.57 Å². The first-order valence-corrected chi connectivity index (χ1v) is 2.78. The minimum absolute atomic E-state index is 1.10. The van der Waals surface area contributed by atoms with Crippen molar-refractivity contribution in [3.63, 3.8) is 0 Å². The average molecular weight is 124 g/mol. The van der Waals surface area contributed by atoms with Crippen LogP contribution in [0.1, 0.15) is 6.92 Å². The quantitative estimate of drug-likeness (QED) is 0.434. The van der Waals surface area contributed by atoms with Crippen LogP contribution in [0.25, 0.3) is 0 Å². The normalized spacial score (nSPS) is 13.8. The summed E-state index contributed by atoms with van der Waals surface area (Å²) in [5.41, 5.74) is 6.24. The molecule has 2 N–H and O–H groups in total. The van der Waals surface area contributed by atoms with E-state index < -0.39 is 0 Å². The summed E-state index contributed by atoms with van der Waals surface area (Å²) in [6.07, 6.45) is 6.95. The lowest BCUT2D eigenvalue weighted by Crippen LogP contribution is -1.77. The van der Waals surface area contributed by atoms with Crippen molar-refractivity contribution < 1.29 is 0 Å². The van der Waals surface area contributed by atoms with Gasteiger partial charge in [-0.1, -0.05) is 0 Å². The maximum Gasteiger partial charge on any atom is 0.0277 e. The fourth-order valence-electron chi connectivity index (χ4n) is 0.399. The minimum Gasteiger partial charge on any atom is -0.405 e. The molecule has 0 atom stereocenters. The predicted octanol–water partition coefficient (Wildman–Crippen LogP) is 1.11. The first kappa shape index (κ1) is 7.95. The summed E-state index contributed by atoms with van der Waals surface area (Å²) in [7, 11) is 1.73. The van der Waals surface area contributed by atoms with Gasteiger partial charge in [0.25, 0.3) is 0 Å². The van der Waals surface area contributed by atoms with Crippen LogP contribution in [-0.2, 0) is 0 Å². The van der Waals surface area contributed by atoms with Crippen LogP contribution in [0.2, 0.25) is 0 Å². The zero-order valence-electron chi connectivity index (χ0n) is 5.83. The molecule has 0 amide bonds. The first-order valence-electron chi connectivity index (χ1n) is 2.78.